The van der Waals surface area contributed by atoms with Gasteiger partial charge in [0.2, 0.25) is 0 Å². The van der Waals surface area contributed by atoms with Crippen molar-refractivity contribution in [2.75, 3.05) is 13.2 Å². The predicted octanol–water partition coefficient (Wildman–Crippen LogP) is 1.54. The zero-order chi connectivity index (χ0) is 8.10. The normalized spacial score (nSPS) is 28.4. The molecule has 0 saturated carbocycles. The van der Waals surface area contributed by atoms with Crippen LogP contribution in [0.25, 0.3) is 0 Å². The van der Waals surface area contributed by atoms with Crippen LogP contribution in [0.5, 0.6) is 0 Å². The van der Waals surface area contributed by atoms with Crippen molar-refractivity contribution < 1.29 is 4.74 Å². The van der Waals surface area contributed by atoms with Crippen molar-refractivity contribution in [3.05, 3.63) is 0 Å². The first-order chi connectivity index (χ1) is 5.34. The van der Waals surface area contributed by atoms with Gasteiger partial charge in [-0.2, -0.15) is 0 Å². The molecule has 0 aromatic carbocycles. The summed E-state index contributed by atoms with van der Waals surface area (Å²) in [6.07, 6.45) is 4.80. The lowest BCUT2D eigenvalue weighted by Crippen LogP contribution is -2.35. The molecule has 0 amide bonds. The van der Waals surface area contributed by atoms with E-state index in [2.05, 4.69) is 6.92 Å². The lowest BCUT2D eigenvalue weighted by Gasteiger charge is -2.27. The molecule has 1 heterocycles. The first-order valence-corrected chi connectivity index (χ1v) is 4.68. The SMILES string of the molecule is CCC[C@@H](N)C1CCCOC1. The summed E-state index contributed by atoms with van der Waals surface area (Å²) in [7, 11) is 0. The monoisotopic (exact) mass is 157 g/mol. The van der Waals surface area contributed by atoms with E-state index in [0.717, 1.165) is 19.6 Å². The van der Waals surface area contributed by atoms with E-state index in [1.807, 2.05) is 0 Å². The molecule has 0 spiro atoms. The third-order valence-corrected chi connectivity index (χ3v) is 2.42. The van der Waals surface area contributed by atoms with Gasteiger partial charge in [0.25, 0.3) is 0 Å². The fraction of sp³-hybridized carbons (Fsp3) is 1.00. The Hall–Kier alpha value is -0.0800. The highest BCUT2D eigenvalue weighted by Crippen LogP contribution is 2.18. The summed E-state index contributed by atoms with van der Waals surface area (Å²) >= 11 is 0. The quantitative estimate of drug-likeness (QED) is 0.674. The van der Waals surface area contributed by atoms with Crippen LogP contribution in [0.15, 0.2) is 0 Å². The lowest BCUT2D eigenvalue weighted by atomic mass is 9.92. The maximum Gasteiger partial charge on any atom is 0.0509 e. The summed E-state index contributed by atoms with van der Waals surface area (Å²) in [6, 6.07) is 0.375. The van der Waals surface area contributed by atoms with Crippen LogP contribution in [0.1, 0.15) is 32.6 Å². The molecule has 2 heteroatoms. The van der Waals surface area contributed by atoms with E-state index in [1.54, 1.807) is 0 Å². The van der Waals surface area contributed by atoms with Crippen molar-refractivity contribution in [2.45, 2.75) is 38.6 Å². The molecule has 0 aromatic rings. The number of ether oxygens (including phenoxy) is 1. The van der Waals surface area contributed by atoms with E-state index >= 15 is 0 Å². The van der Waals surface area contributed by atoms with E-state index in [4.69, 9.17) is 10.5 Å². The van der Waals surface area contributed by atoms with Gasteiger partial charge >= 0.3 is 0 Å². The molecule has 0 aliphatic carbocycles. The Labute approximate surface area is 69.1 Å². The van der Waals surface area contributed by atoms with Gasteiger partial charge in [-0.05, 0) is 25.2 Å². The molecule has 1 saturated heterocycles. The first-order valence-electron chi connectivity index (χ1n) is 4.68. The van der Waals surface area contributed by atoms with Gasteiger partial charge in [0.05, 0.1) is 6.61 Å². The third kappa shape index (κ3) is 2.80. The summed E-state index contributed by atoms with van der Waals surface area (Å²) in [5.74, 6) is 0.628. The Bertz CT molecular complexity index is 99.7. The second kappa shape index (κ2) is 4.73. The predicted molar refractivity (Wildman–Crippen MR) is 46.4 cm³/mol. The number of rotatable bonds is 3. The molecule has 2 nitrogen and oxygen atoms in total. The standard InChI is InChI=1S/C9H19NO/c1-2-4-9(10)8-5-3-6-11-7-8/h8-9H,2-7,10H2,1H3/t8?,9-/m1/s1. The molecule has 0 bridgehead atoms. The smallest absolute Gasteiger partial charge is 0.0509 e. The van der Waals surface area contributed by atoms with Gasteiger partial charge in [-0.1, -0.05) is 13.3 Å². The lowest BCUT2D eigenvalue weighted by molar-refractivity contribution is 0.0437. The summed E-state index contributed by atoms with van der Waals surface area (Å²) in [5, 5.41) is 0. The van der Waals surface area contributed by atoms with Crippen LogP contribution in [-0.2, 0) is 4.74 Å². The van der Waals surface area contributed by atoms with Gasteiger partial charge in [0, 0.05) is 12.6 Å². The van der Waals surface area contributed by atoms with E-state index < -0.39 is 0 Å². The summed E-state index contributed by atoms with van der Waals surface area (Å²) < 4.78 is 5.37. The van der Waals surface area contributed by atoms with E-state index in [9.17, 15) is 0 Å². The van der Waals surface area contributed by atoms with Crippen molar-refractivity contribution in [1.82, 2.24) is 0 Å². The zero-order valence-corrected chi connectivity index (χ0v) is 7.38. The molecular weight excluding hydrogens is 138 g/mol. The molecule has 0 radical (unpaired) electrons. The highest BCUT2D eigenvalue weighted by molar-refractivity contribution is 4.74. The number of hydrogen-bond donors (Lipinski definition) is 1. The highest BCUT2D eigenvalue weighted by Gasteiger charge is 2.19. The maximum absolute atomic E-state index is 5.98. The van der Waals surface area contributed by atoms with Crippen LogP contribution in [-0.4, -0.2) is 19.3 Å². The molecule has 11 heavy (non-hydrogen) atoms. The molecule has 0 aromatic heterocycles. The molecular formula is C9H19NO. The van der Waals surface area contributed by atoms with Crippen LogP contribution in [0.3, 0.4) is 0 Å². The van der Waals surface area contributed by atoms with Crippen LogP contribution in [0.2, 0.25) is 0 Å². The van der Waals surface area contributed by atoms with Gasteiger partial charge in [-0.15, -0.1) is 0 Å². The van der Waals surface area contributed by atoms with Crippen LogP contribution >= 0.6 is 0 Å². The largest absolute Gasteiger partial charge is 0.381 e. The number of hydrogen-bond acceptors (Lipinski definition) is 2. The Balaban J connectivity index is 2.21. The Morgan fingerprint density at radius 1 is 1.64 bits per heavy atom. The maximum atomic E-state index is 5.98. The molecule has 66 valence electrons. The second-order valence-corrected chi connectivity index (χ2v) is 3.43. The minimum Gasteiger partial charge on any atom is -0.381 e. The van der Waals surface area contributed by atoms with Gasteiger partial charge in [-0.25, -0.2) is 0 Å². The molecule has 1 aliphatic rings. The molecule has 2 atom stereocenters. The second-order valence-electron chi connectivity index (χ2n) is 3.43. The minimum absolute atomic E-state index is 0.375. The van der Waals surface area contributed by atoms with Crippen molar-refractivity contribution in [2.24, 2.45) is 11.7 Å². The third-order valence-electron chi connectivity index (χ3n) is 2.42. The van der Waals surface area contributed by atoms with E-state index in [0.29, 0.717) is 12.0 Å². The Kier molecular flexibility index (Phi) is 3.87. The molecule has 2 N–H and O–H groups in total. The average molecular weight is 157 g/mol. The summed E-state index contributed by atoms with van der Waals surface area (Å²) in [5.41, 5.74) is 5.98. The van der Waals surface area contributed by atoms with Crippen molar-refractivity contribution in [3.63, 3.8) is 0 Å². The summed E-state index contributed by atoms with van der Waals surface area (Å²) in [4.78, 5) is 0. The van der Waals surface area contributed by atoms with Crippen molar-refractivity contribution in [3.8, 4) is 0 Å². The summed E-state index contributed by atoms with van der Waals surface area (Å²) in [6.45, 7) is 4.01. The van der Waals surface area contributed by atoms with Crippen LogP contribution in [0, 0.1) is 5.92 Å². The topological polar surface area (TPSA) is 35.2 Å². The van der Waals surface area contributed by atoms with Crippen molar-refractivity contribution >= 4 is 0 Å². The number of nitrogens with two attached hydrogens (primary N) is 1. The van der Waals surface area contributed by atoms with Gasteiger partial charge in [-0.3, -0.25) is 0 Å². The molecule has 1 fully saturated rings. The molecule has 1 rings (SSSR count). The Morgan fingerprint density at radius 2 is 2.45 bits per heavy atom. The average Bonchev–Trinajstić information content (AvgIpc) is 2.07. The highest BCUT2D eigenvalue weighted by atomic mass is 16.5. The van der Waals surface area contributed by atoms with Crippen LogP contribution < -0.4 is 5.73 Å². The van der Waals surface area contributed by atoms with Gasteiger partial charge in [0.1, 0.15) is 0 Å². The fourth-order valence-corrected chi connectivity index (χ4v) is 1.67. The minimum atomic E-state index is 0.375. The van der Waals surface area contributed by atoms with Crippen molar-refractivity contribution in [1.29, 1.82) is 0 Å². The van der Waals surface area contributed by atoms with Crippen LogP contribution in [0.4, 0.5) is 0 Å². The Morgan fingerprint density at radius 3 is 3.00 bits per heavy atom. The molecule has 1 unspecified atom stereocenters. The van der Waals surface area contributed by atoms with Gasteiger partial charge < -0.3 is 10.5 Å². The van der Waals surface area contributed by atoms with E-state index in [1.165, 1.54) is 19.3 Å². The zero-order valence-electron chi connectivity index (χ0n) is 7.38. The van der Waals surface area contributed by atoms with E-state index in [-0.39, 0.29) is 0 Å². The van der Waals surface area contributed by atoms with Gasteiger partial charge in [0.15, 0.2) is 0 Å². The molecule has 1 aliphatic heterocycles. The first kappa shape index (κ1) is 9.01. The fourth-order valence-electron chi connectivity index (χ4n) is 1.67.